The van der Waals surface area contributed by atoms with Crippen molar-refractivity contribution in [1.82, 2.24) is 4.90 Å². The minimum atomic E-state index is -0.666. The van der Waals surface area contributed by atoms with E-state index in [4.69, 9.17) is 5.11 Å². The van der Waals surface area contributed by atoms with Crippen molar-refractivity contribution in [2.45, 2.75) is 44.6 Å². The first-order valence-electron chi connectivity index (χ1n) is 6.81. The second-order valence-corrected chi connectivity index (χ2v) is 6.37. The summed E-state index contributed by atoms with van der Waals surface area (Å²) in [6.45, 7) is 2.59. The molecule has 2 atom stereocenters. The van der Waals surface area contributed by atoms with Crippen LogP contribution in [0, 0.1) is 5.92 Å². The molecule has 0 radical (unpaired) electrons. The van der Waals surface area contributed by atoms with E-state index in [9.17, 15) is 4.79 Å². The number of hydrogen-bond acceptors (Lipinski definition) is 3. The molecule has 98 valence electrons. The molecule has 0 spiro atoms. The number of hydrogen-bond donors (Lipinski definition) is 1. The van der Waals surface area contributed by atoms with Crippen molar-refractivity contribution >= 4 is 17.7 Å². The minimum absolute atomic E-state index is 0.311. The quantitative estimate of drug-likeness (QED) is 0.768. The van der Waals surface area contributed by atoms with Crippen molar-refractivity contribution < 1.29 is 9.90 Å². The molecule has 2 fully saturated rings. The van der Waals surface area contributed by atoms with Crippen LogP contribution in [0.5, 0.6) is 0 Å². The van der Waals surface area contributed by atoms with Gasteiger partial charge in [-0.3, -0.25) is 4.79 Å². The number of aliphatic carboxylic acids is 1. The standard InChI is InChI=1S/C13H23NO2S/c15-13(16)6-9-17-10-11-4-3-8-14-7-2-1-5-12(11)14/h11-12H,1-10H2,(H,15,16)/t11-,12-/m1/s1. The van der Waals surface area contributed by atoms with Crippen LogP contribution < -0.4 is 0 Å². The molecule has 0 aromatic carbocycles. The summed E-state index contributed by atoms with van der Waals surface area (Å²) >= 11 is 1.84. The Morgan fingerprint density at radius 2 is 2.06 bits per heavy atom. The Morgan fingerprint density at radius 3 is 2.88 bits per heavy atom. The molecule has 0 bridgehead atoms. The number of carboxylic acid groups (broad SMARTS) is 1. The minimum Gasteiger partial charge on any atom is -0.481 e. The molecule has 2 saturated heterocycles. The summed E-state index contributed by atoms with van der Waals surface area (Å²) in [5.74, 6) is 2.08. The molecule has 3 nitrogen and oxygen atoms in total. The lowest BCUT2D eigenvalue weighted by molar-refractivity contribution is -0.136. The van der Waals surface area contributed by atoms with Gasteiger partial charge in [0.15, 0.2) is 0 Å². The van der Waals surface area contributed by atoms with E-state index in [0.717, 1.165) is 23.5 Å². The summed E-state index contributed by atoms with van der Waals surface area (Å²) in [6, 6.07) is 0.801. The first-order chi connectivity index (χ1) is 8.27. The van der Waals surface area contributed by atoms with E-state index in [0.29, 0.717) is 6.42 Å². The van der Waals surface area contributed by atoms with Gasteiger partial charge in [0.25, 0.3) is 0 Å². The second kappa shape index (κ2) is 6.64. The Kier molecular flexibility index (Phi) is 5.16. The Labute approximate surface area is 108 Å². The molecule has 2 aliphatic heterocycles. The highest BCUT2D eigenvalue weighted by molar-refractivity contribution is 7.99. The van der Waals surface area contributed by atoms with E-state index in [1.54, 1.807) is 0 Å². The van der Waals surface area contributed by atoms with Gasteiger partial charge in [-0.05, 0) is 50.4 Å². The molecule has 17 heavy (non-hydrogen) atoms. The van der Waals surface area contributed by atoms with Gasteiger partial charge < -0.3 is 10.0 Å². The van der Waals surface area contributed by atoms with Crippen LogP contribution in [0.2, 0.25) is 0 Å². The van der Waals surface area contributed by atoms with E-state index in [1.807, 2.05) is 11.8 Å². The van der Waals surface area contributed by atoms with Gasteiger partial charge in [-0.1, -0.05) is 6.42 Å². The number of piperidine rings is 2. The fraction of sp³-hybridized carbons (Fsp3) is 0.923. The van der Waals surface area contributed by atoms with Crippen molar-refractivity contribution in [1.29, 1.82) is 0 Å². The number of carbonyl (C=O) groups is 1. The van der Waals surface area contributed by atoms with Crippen molar-refractivity contribution in [3.8, 4) is 0 Å². The van der Waals surface area contributed by atoms with E-state index in [1.165, 1.54) is 45.2 Å². The Hall–Kier alpha value is -0.220. The van der Waals surface area contributed by atoms with Gasteiger partial charge in [-0.2, -0.15) is 11.8 Å². The summed E-state index contributed by atoms with van der Waals surface area (Å²) in [7, 11) is 0. The average molecular weight is 257 g/mol. The van der Waals surface area contributed by atoms with Gasteiger partial charge in [-0.25, -0.2) is 0 Å². The molecule has 0 amide bonds. The van der Waals surface area contributed by atoms with Crippen LogP contribution in [0.3, 0.4) is 0 Å². The molecular formula is C13H23NO2S. The van der Waals surface area contributed by atoms with Crippen LogP contribution in [0.1, 0.15) is 38.5 Å². The molecule has 2 aliphatic rings. The zero-order chi connectivity index (χ0) is 12.1. The number of fused-ring (bicyclic) bond motifs is 1. The van der Waals surface area contributed by atoms with E-state index >= 15 is 0 Å². The van der Waals surface area contributed by atoms with E-state index in [2.05, 4.69) is 4.90 Å². The number of thioether (sulfide) groups is 1. The lowest BCUT2D eigenvalue weighted by atomic mass is 9.85. The SMILES string of the molecule is O=C(O)CCSC[C@H]1CCCN2CCCC[C@H]12. The second-order valence-electron chi connectivity index (χ2n) is 5.22. The van der Waals surface area contributed by atoms with E-state index < -0.39 is 5.97 Å². The molecule has 0 unspecified atom stereocenters. The average Bonchev–Trinajstić information content (AvgIpc) is 2.34. The normalized spacial score (nSPS) is 29.9. The first kappa shape index (κ1) is 13.2. The van der Waals surface area contributed by atoms with Crippen molar-refractivity contribution in [2.24, 2.45) is 5.92 Å². The summed E-state index contributed by atoms with van der Waals surface area (Å²) in [5, 5.41) is 8.62. The van der Waals surface area contributed by atoms with Gasteiger partial charge >= 0.3 is 5.97 Å². The lowest BCUT2D eigenvalue weighted by Gasteiger charge is -2.44. The van der Waals surface area contributed by atoms with Gasteiger partial charge in [0.2, 0.25) is 0 Å². The molecule has 2 heterocycles. The molecule has 4 heteroatoms. The maximum atomic E-state index is 10.5. The third kappa shape index (κ3) is 3.88. The highest BCUT2D eigenvalue weighted by Gasteiger charge is 2.32. The van der Waals surface area contributed by atoms with Crippen LogP contribution in [0.4, 0.5) is 0 Å². The molecular weight excluding hydrogens is 234 g/mol. The summed E-state index contributed by atoms with van der Waals surface area (Å²) < 4.78 is 0. The topological polar surface area (TPSA) is 40.5 Å². The molecule has 0 aliphatic carbocycles. The van der Waals surface area contributed by atoms with Gasteiger partial charge in [0.1, 0.15) is 0 Å². The smallest absolute Gasteiger partial charge is 0.304 e. The van der Waals surface area contributed by atoms with Crippen LogP contribution in [-0.4, -0.2) is 46.6 Å². The van der Waals surface area contributed by atoms with Crippen LogP contribution in [-0.2, 0) is 4.79 Å². The van der Waals surface area contributed by atoms with Crippen LogP contribution in [0.25, 0.3) is 0 Å². The summed E-state index contributed by atoms with van der Waals surface area (Å²) in [5.41, 5.74) is 0. The van der Waals surface area contributed by atoms with Gasteiger partial charge in [0, 0.05) is 11.8 Å². The predicted molar refractivity (Wildman–Crippen MR) is 71.5 cm³/mol. The number of rotatable bonds is 5. The predicted octanol–water partition coefficient (Wildman–Crippen LogP) is 2.46. The molecule has 2 rings (SSSR count). The monoisotopic (exact) mass is 257 g/mol. The fourth-order valence-corrected chi connectivity index (χ4v) is 4.34. The Balaban J connectivity index is 1.73. The first-order valence-corrected chi connectivity index (χ1v) is 7.96. The highest BCUT2D eigenvalue weighted by atomic mass is 32.2. The fourth-order valence-electron chi connectivity index (χ4n) is 3.17. The molecule has 0 saturated carbocycles. The summed E-state index contributed by atoms with van der Waals surface area (Å²) in [6.07, 6.45) is 7.12. The highest BCUT2D eigenvalue weighted by Crippen LogP contribution is 2.32. The maximum absolute atomic E-state index is 10.5. The third-order valence-corrected chi connectivity index (χ3v) is 5.18. The van der Waals surface area contributed by atoms with Crippen LogP contribution >= 0.6 is 11.8 Å². The zero-order valence-corrected chi connectivity index (χ0v) is 11.3. The van der Waals surface area contributed by atoms with Crippen molar-refractivity contribution in [3.05, 3.63) is 0 Å². The lowest BCUT2D eigenvalue weighted by Crippen LogP contribution is -2.48. The third-order valence-electron chi connectivity index (χ3n) is 4.02. The zero-order valence-electron chi connectivity index (χ0n) is 10.4. The van der Waals surface area contributed by atoms with Crippen molar-refractivity contribution in [3.63, 3.8) is 0 Å². The number of carboxylic acids is 1. The largest absolute Gasteiger partial charge is 0.481 e. The van der Waals surface area contributed by atoms with Crippen molar-refractivity contribution in [2.75, 3.05) is 24.6 Å². The molecule has 0 aromatic rings. The summed E-state index contributed by atoms with van der Waals surface area (Å²) in [4.78, 5) is 13.1. The Morgan fingerprint density at radius 1 is 1.24 bits per heavy atom. The van der Waals surface area contributed by atoms with Crippen LogP contribution in [0.15, 0.2) is 0 Å². The Bertz CT molecular complexity index is 258. The number of nitrogens with zero attached hydrogens (tertiary/aromatic N) is 1. The van der Waals surface area contributed by atoms with Gasteiger partial charge in [0.05, 0.1) is 6.42 Å². The van der Waals surface area contributed by atoms with Gasteiger partial charge in [-0.15, -0.1) is 0 Å². The van der Waals surface area contributed by atoms with E-state index in [-0.39, 0.29) is 0 Å². The molecule has 0 aromatic heterocycles. The maximum Gasteiger partial charge on any atom is 0.304 e. The molecule has 1 N–H and O–H groups in total.